The molecular weight excluding hydrogens is 494 g/mol. The summed E-state index contributed by atoms with van der Waals surface area (Å²) in [5, 5.41) is 8.04. The first-order valence-corrected chi connectivity index (χ1v) is 12.7. The molecule has 0 aliphatic rings. The Balaban J connectivity index is 1.52. The van der Waals surface area contributed by atoms with Crippen LogP contribution in [0.4, 0.5) is 10.8 Å². The highest BCUT2D eigenvalue weighted by molar-refractivity contribution is 8.00. The summed E-state index contributed by atoms with van der Waals surface area (Å²) in [6.07, 6.45) is 0.306. The number of benzene rings is 2. The highest BCUT2D eigenvalue weighted by Gasteiger charge is 2.17. The molecule has 1 unspecified atom stereocenters. The first-order chi connectivity index (χ1) is 16.3. The van der Waals surface area contributed by atoms with Gasteiger partial charge in [-0.1, -0.05) is 29.8 Å². The number of carbonyl (C=O) groups is 3. The van der Waals surface area contributed by atoms with Crippen LogP contribution >= 0.6 is 34.7 Å². The smallest absolute Gasteiger partial charge is 0.311 e. The lowest BCUT2D eigenvalue weighted by molar-refractivity contribution is -0.142. The number of hydrogen-bond acceptors (Lipinski definition) is 7. The number of thioether (sulfide) groups is 1. The van der Waals surface area contributed by atoms with Gasteiger partial charge in [0.15, 0.2) is 5.13 Å². The van der Waals surface area contributed by atoms with Gasteiger partial charge < -0.3 is 15.4 Å². The van der Waals surface area contributed by atoms with E-state index in [1.54, 1.807) is 37.4 Å². The number of nitrogens with zero attached hydrogens (tertiary/aromatic N) is 1. The summed E-state index contributed by atoms with van der Waals surface area (Å²) in [7, 11) is 0. The Kier molecular flexibility index (Phi) is 9.50. The maximum Gasteiger partial charge on any atom is 0.311 e. The first kappa shape index (κ1) is 25.7. The highest BCUT2D eigenvalue weighted by atomic mass is 35.5. The molecule has 0 saturated heterocycles. The number of aromatic nitrogens is 1. The monoisotopic (exact) mass is 517 g/mol. The van der Waals surface area contributed by atoms with Crippen molar-refractivity contribution >= 4 is 63.3 Å². The minimum Gasteiger partial charge on any atom is -0.466 e. The van der Waals surface area contributed by atoms with Crippen LogP contribution < -0.4 is 10.6 Å². The molecule has 0 bridgehead atoms. The van der Waals surface area contributed by atoms with E-state index in [4.69, 9.17) is 16.3 Å². The Bertz CT molecular complexity index is 1150. The largest absolute Gasteiger partial charge is 0.466 e. The lowest BCUT2D eigenvalue weighted by atomic mass is 10.1. The van der Waals surface area contributed by atoms with Gasteiger partial charge in [-0.05, 0) is 49.7 Å². The van der Waals surface area contributed by atoms with E-state index in [-0.39, 0.29) is 30.6 Å². The molecule has 1 aromatic heterocycles. The van der Waals surface area contributed by atoms with Crippen molar-refractivity contribution in [2.75, 3.05) is 17.2 Å². The predicted molar refractivity (Wildman–Crippen MR) is 137 cm³/mol. The molecule has 3 aromatic rings. The molecule has 0 spiro atoms. The maximum absolute atomic E-state index is 12.6. The molecule has 1 atom stereocenters. The van der Waals surface area contributed by atoms with Crippen LogP contribution in [-0.2, 0) is 32.0 Å². The van der Waals surface area contributed by atoms with Crippen molar-refractivity contribution < 1.29 is 19.1 Å². The predicted octanol–water partition coefficient (Wildman–Crippen LogP) is 5.20. The number of rotatable bonds is 10. The Morgan fingerprint density at radius 1 is 1.12 bits per heavy atom. The van der Waals surface area contributed by atoms with Crippen molar-refractivity contribution in [1.82, 2.24) is 4.98 Å². The standard InChI is InChI=1S/C24H24ClN3O4S2/c1-3-32-22(30)13-19-14-33-24(27-19)28-23(31)15(2)34-20-6-4-5-18(12-20)26-21(29)11-16-7-9-17(25)10-8-16/h4-10,12,14-15H,3,11,13H2,1-2H3,(H,26,29)(H,27,28,31). The van der Waals surface area contributed by atoms with Crippen molar-refractivity contribution in [3.8, 4) is 0 Å². The van der Waals surface area contributed by atoms with Crippen LogP contribution in [0.5, 0.6) is 0 Å². The lowest BCUT2D eigenvalue weighted by Crippen LogP contribution is -2.22. The molecule has 2 aromatic carbocycles. The van der Waals surface area contributed by atoms with Gasteiger partial charge in [-0.25, -0.2) is 4.98 Å². The molecule has 0 aliphatic carbocycles. The molecule has 0 fully saturated rings. The number of ether oxygens (including phenoxy) is 1. The third kappa shape index (κ3) is 8.16. The summed E-state index contributed by atoms with van der Waals surface area (Å²) < 4.78 is 4.91. The second kappa shape index (κ2) is 12.5. The summed E-state index contributed by atoms with van der Waals surface area (Å²) >= 11 is 8.51. The molecule has 0 radical (unpaired) electrons. The van der Waals surface area contributed by atoms with Crippen LogP contribution in [0.3, 0.4) is 0 Å². The van der Waals surface area contributed by atoms with Gasteiger partial charge in [0.25, 0.3) is 0 Å². The molecule has 0 aliphatic heterocycles. The normalized spacial score (nSPS) is 11.5. The van der Waals surface area contributed by atoms with E-state index in [1.807, 2.05) is 30.3 Å². The van der Waals surface area contributed by atoms with Gasteiger partial charge in [-0.3, -0.25) is 14.4 Å². The van der Waals surface area contributed by atoms with Crippen LogP contribution in [0.25, 0.3) is 0 Å². The molecule has 34 heavy (non-hydrogen) atoms. The maximum atomic E-state index is 12.6. The van der Waals surface area contributed by atoms with Crippen molar-refractivity contribution in [3.05, 3.63) is 70.2 Å². The molecule has 0 saturated carbocycles. The van der Waals surface area contributed by atoms with Crippen LogP contribution in [-0.4, -0.2) is 34.6 Å². The fourth-order valence-corrected chi connectivity index (χ4v) is 4.68. The number of nitrogens with one attached hydrogen (secondary N) is 2. The number of amides is 2. The zero-order valence-electron chi connectivity index (χ0n) is 18.7. The average Bonchev–Trinajstić information content (AvgIpc) is 3.22. The number of carbonyl (C=O) groups excluding carboxylic acids is 3. The van der Waals surface area contributed by atoms with Gasteiger partial charge in [0.2, 0.25) is 11.8 Å². The Hall–Kier alpha value is -2.88. The van der Waals surface area contributed by atoms with Crippen LogP contribution in [0, 0.1) is 0 Å². The van der Waals surface area contributed by atoms with Crippen molar-refractivity contribution in [3.63, 3.8) is 0 Å². The molecule has 3 rings (SSSR count). The summed E-state index contributed by atoms with van der Waals surface area (Å²) in [5.41, 5.74) is 2.08. The molecule has 10 heteroatoms. The van der Waals surface area contributed by atoms with Crippen molar-refractivity contribution in [2.45, 2.75) is 36.8 Å². The number of halogens is 1. The van der Waals surface area contributed by atoms with E-state index >= 15 is 0 Å². The first-order valence-electron chi connectivity index (χ1n) is 10.5. The summed E-state index contributed by atoms with van der Waals surface area (Å²) in [6, 6.07) is 14.5. The SMILES string of the molecule is CCOC(=O)Cc1csc(NC(=O)C(C)Sc2cccc(NC(=O)Cc3ccc(Cl)cc3)c2)n1. The minimum absolute atomic E-state index is 0.0705. The quantitative estimate of drug-likeness (QED) is 0.283. The van der Waals surface area contributed by atoms with Crippen LogP contribution in [0.2, 0.25) is 5.02 Å². The summed E-state index contributed by atoms with van der Waals surface area (Å²) in [5.74, 6) is -0.702. The topological polar surface area (TPSA) is 97.4 Å². The highest BCUT2D eigenvalue weighted by Crippen LogP contribution is 2.27. The van der Waals surface area contributed by atoms with Gasteiger partial charge in [0.05, 0.1) is 30.4 Å². The summed E-state index contributed by atoms with van der Waals surface area (Å²) in [4.78, 5) is 41.7. The van der Waals surface area contributed by atoms with Crippen molar-refractivity contribution in [1.29, 1.82) is 0 Å². The zero-order valence-corrected chi connectivity index (χ0v) is 21.1. The van der Waals surface area contributed by atoms with E-state index in [2.05, 4.69) is 15.6 Å². The van der Waals surface area contributed by atoms with Crippen LogP contribution in [0.1, 0.15) is 25.1 Å². The molecule has 1 heterocycles. The molecule has 2 amide bonds. The van der Waals surface area contributed by atoms with Crippen LogP contribution in [0.15, 0.2) is 58.8 Å². The van der Waals surface area contributed by atoms with E-state index in [0.29, 0.717) is 28.1 Å². The number of anilines is 2. The van der Waals surface area contributed by atoms with Crippen molar-refractivity contribution in [2.24, 2.45) is 0 Å². The second-order valence-electron chi connectivity index (χ2n) is 7.25. The third-order valence-corrected chi connectivity index (χ3v) is 6.64. The van der Waals surface area contributed by atoms with E-state index in [1.165, 1.54) is 23.1 Å². The fraction of sp³-hybridized carbons (Fsp3) is 0.250. The molecule has 7 nitrogen and oxygen atoms in total. The van der Waals surface area contributed by atoms with Gasteiger partial charge in [-0.15, -0.1) is 23.1 Å². The van der Waals surface area contributed by atoms with E-state index < -0.39 is 5.25 Å². The Morgan fingerprint density at radius 3 is 2.62 bits per heavy atom. The number of thiazole rings is 1. The van der Waals surface area contributed by atoms with Gasteiger partial charge >= 0.3 is 5.97 Å². The average molecular weight is 518 g/mol. The molecule has 178 valence electrons. The summed E-state index contributed by atoms with van der Waals surface area (Å²) in [6.45, 7) is 3.85. The Labute approximate surface area is 211 Å². The molecular formula is C24H24ClN3O4S2. The minimum atomic E-state index is -0.405. The lowest BCUT2D eigenvalue weighted by Gasteiger charge is -2.12. The van der Waals surface area contributed by atoms with Gasteiger partial charge in [-0.2, -0.15) is 0 Å². The van der Waals surface area contributed by atoms with E-state index in [0.717, 1.165) is 10.5 Å². The second-order valence-corrected chi connectivity index (χ2v) is 9.96. The Morgan fingerprint density at radius 2 is 1.88 bits per heavy atom. The third-order valence-electron chi connectivity index (χ3n) is 4.49. The van der Waals surface area contributed by atoms with E-state index in [9.17, 15) is 14.4 Å². The van der Waals surface area contributed by atoms with Gasteiger partial charge in [0, 0.05) is 21.0 Å². The molecule has 2 N–H and O–H groups in total. The number of hydrogen-bond donors (Lipinski definition) is 2. The zero-order chi connectivity index (χ0) is 24.5. The van der Waals surface area contributed by atoms with Gasteiger partial charge in [0.1, 0.15) is 0 Å². The number of esters is 1. The fourth-order valence-electron chi connectivity index (χ4n) is 2.91.